The Morgan fingerprint density at radius 2 is 1.79 bits per heavy atom. The lowest BCUT2D eigenvalue weighted by atomic mass is 9.87. The van der Waals surface area contributed by atoms with Crippen molar-refractivity contribution in [1.29, 1.82) is 0 Å². The highest BCUT2D eigenvalue weighted by Gasteiger charge is 2.30. The van der Waals surface area contributed by atoms with Crippen molar-refractivity contribution in [2.24, 2.45) is 11.1 Å². The number of amides is 1. The van der Waals surface area contributed by atoms with Crippen LogP contribution in [0, 0.1) is 5.41 Å². The second kappa shape index (κ2) is 6.33. The highest BCUT2D eigenvalue weighted by atomic mass is 32.2. The molecule has 0 fully saturated rings. The zero-order valence-corrected chi connectivity index (χ0v) is 12.5. The molecule has 112 valence electrons. The highest BCUT2D eigenvalue weighted by molar-refractivity contribution is 7.90. The summed E-state index contributed by atoms with van der Waals surface area (Å²) in [6.07, 6.45) is 0.825. The summed E-state index contributed by atoms with van der Waals surface area (Å²) in [5.41, 5.74) is 5.19. The number of carbonyl (C=O) groups excluding carboxylic acids is 1. The van der Waals surface area contributed by atoms with Crippen molar-refractivity contribution in [1.82, 2.24) is 5.32 Å². The van der Waals surface area contributed by atoms with E-state index in [0.717, 1.165) is 6.26 Å². The van der Waals surface area contributed by atoms with Crippen molar-refractivity contribution in [2.45, 2.75) is 39.3 Å². The average molecular weight is 294 g/mol. The minimum absolute atomic E-state index is 0.184. The third-order valence-corrected chi connectivity index (χ3v) is 3.58. The number of carboxylic acids is 1. The maximum Gasteiger partial charge on any atom is 0.326 e. The molecule has 7 nitrogen and oxygen atoms in total. The van der Waals surface area contributed by atoms with Crippen molar-refractivity contribution in [3.05, 3.63) is 0 Å². The number of rotatable bonds is 6. The number of aliphatic carboxylic acids is 1. The Labute approximate surface area is 113 Å². The molecule has 0 saturated heterocycles. The van der Waals surface area contributed by atoms with Crippen LogP contribution in [0.25, 0.3) is 0 Å². The Morgan fingerprint density at radius 1 is 1.32 bits per heavy atom. The van der Waals surface area contributed by atoms with Gasteiger partial charge in [0.05, 0.1) is 11.8 Å². The zero-order chi connectivity index (χ0) is 15.4. The van der Waals surface area contributed by atoms with E-state index in [0.29, 0.717) is 0 Å². The van der Waals surface area contributed by atoms with E-state index in [4.69, 9.17) is 10.8 Å². The van der Waals surface area contributed by atoms with Crippen LogP contribution in [-0.2, 0) is 19.4 Å². The summed E-state index contributed by atoms with van der Waals surface area (Å²) in [7, 11) is -3.28. The Hall–Kier alpha value is -1.15. The van der Waals surface area contributed by atoms with Crippen LogP contribution < -0.4 is 11.1 Å². The third-order valence-electron chi connectivity index (χ3n) is 2.61. The highest BCUT2D eigenvalue weighted by Crippen LogP contribution is 2.17. The summed E-state index contributed by atoms with van der Waals surface area (Å²) in [5, 5.41) is 11.2. The molecule has 0 rings (SSSR count). The van der Waals surface area contributed by atoms with Crippen LogP contribution in [0.5, 0.6) is 0 Å². The summed E-state index contributed by atoms with van der Waals surface area (Å²) >= 11 is 0. The molecule has 1 amide bonds. The fourth-order valence-electron chi connectivity index (χ4n) is 1.24. The Bertz CT molecular complexity index is 438. The number of hydrogen-bond acceptors (Lipinski definition) is 5. The molecule has 4 N–H and O–H groups in total. The maximum absolute atomic E-state index is 11.8. The van der Waals surface area contributed by atoms with Gasteiger partial charge >= 0.3 is 5.97 Å². The first-order chi connectivity index (χ1) is 8.34. The molecule has 0 aromatic carbocycles. The quantitative estimate of drug-likeness (QED) is 0.598. The smallest absolute Gasteiger partial charge is 0.326 e. The van der Waals surface area contributed by atoms with Crippen molar-refractivity contribution in [3.8, 4) is 0 Å². The van der Waals surface area contributed by atoms with Crippen LogP contribution in [0.4, 0.5) is 0 Å². The first-order valence-electron chi connectivity index (χ1n) is 5.81. The average Bonchev–Trinajstić information content (AvgIpc) is 2.19. The van der Waals surface area contributed by atoms with E-state index < -0.39 is 39.2 Å². The predicted octanol–water partition coefficient (Wildman–Crippen LogP) is -0.636. The van der Waals surface area contributed by atoms with E-state index in [2.05, 4.69) is 5.32 Å². The van der Waals surface area contributed by atoms with Crippen LogP contribution in [-0.4, -0.2) is 49.5 Å². The van der Waals surface area contributed by atoms with E-state index in [1.165, 1.54) is 0 Å². The van der Waals surface area contributed by atoms with Crippen LogP contribution >= 0.6 is 0 Å². The number of nitrogens with two attached hydrogens (primary N) is 1. The molecular formula is C11H22N2O5S. The first kappa shape index (κ1) is 17.8. The molecule has 0 bridgehead atoms. The Kier molecular flexibility index (Phi) is 5.95. The maximum atomic E-state index is 11.8. The summed E-state index contributed by atoms with van der Waals surface area (Å²) in [6, 6.07) is -2.12. The Morgan fingerprint density at radius 3 is 2.11 bits per heavy atom. The summed E-state index contributed by atoms with van der Waals surface area (Å²) in [4.78, 5) is 22.8. The van der Waals surface area contributed by atoms with Gasteiger partial charge in [0, 0.05) is 6.26 Å². The number of hydrogen-bond donors (Lipinski definition) is 3. The first-order valence-corrected chi connectivity index (χ1v) is 7.87. The fraction of sp³-hybridized carbons (Fsp3) is 0.818. The van der Waals surface area contributed by atoms with Crippen molar-refractivity contribution in [3.63, 3.8) is 0 Å². The molecule has 1 unspecified atom stereocenters. The second-order valence-corrected chi connectivity index (χ2v) is 7.92. The molecule has 8 heteroatoms. The molecule has 2 atom stereocenters. The normalized spacial score (nSPS) is 15.6. The van der Waals surface area contributed by atoms with E-state index in [1.807, 2.05) is 0 Å². The van der Waals surface area contributed by atoms with Crippen LogP contribution in [0.2, 0.25) is 0 Å². The summed E-state index contributed by atoms with van der Waals surface area (Å²) < 4.78 is 22.0. The van der Waals surface area contributed by atoms with Crippen molar-refractivity contribution >= 4 is 21.7 Å². The van der Waals surface area contributed by atoms with Gasteiger partial charge in [0.15, 0.2) is 0 Å². The molecule has 0 heterocycles. The SMILES string of the molecule is CC(C)(C)[C@H](N)C(=O)NC(CCS(C)(=O)=O)C(=O)O. The lowest BCUT2D eigenvalue weighted by Crippen LogP contribution is -2.53. The van der Waals surface area contributed by atoms with Gasteiger partial charge in [-0.3, -0.25) is 4.79 Å². The lowest BCUT2D eigenvalue weighted by molar-refractivity contribution is -0.142. The zero-order valence-electron chi connectivity index (χ0n) is 11.6. The van der Waals surface area contributed by atoms with Crippen LogP contribution in [0.3, 0.4) is 0 Å². The van der Waals surface area contributed by atoms with Crippen LogP contribution in [0.1, 0.15) is 27.2 Å². The monoisotopic (exact) mass is 294 g/mol. The molecule has 19 heavy (non-hydrogen) atoms. The molecule has 0 aromatic rings. The van der Waals surface area contributed by atoms with Gasteiger partial charge in [0.1, 0.15) is 15.9 Å². The van der Waals surface area contributed by atoms with Crippen molar-refractivity contribution in [2.75, 3.05) is 12.0 Å². The van der Waals surface area contributed by atoms with Gasteiger partial charge in [-0.1, -0.05) is 20.8 Å². The van der Waals surface area contributed by atoms with E-state index >= 15 is 0 Å². The van der Waals surface area contributed by atoms with E-state index in [1.54, 1.807) is 20.8 Å². The second-order valence-electron chi connectivity index (χ2n) is 5.66. The van der Waals surface area contributed by atoms with Crippen molar-refractivity contribution < 1.29 is 23.1 Å². The molecular weight excluding hydrogens is 272 g/mol. The summed E-state index contributed by atoms with van der Waals surface area (Å²) in [6.45, 7) is 5.26. The van der Waals surface area contributed by atoms with Gasteiger partial charge in [-0.15, -0.1) is 0 Å². The van der Waals surface area contributed by atoms with Gasteiger partial charge in [-0.25, -0.2) is 13.2 Å². The standard InChI is InChI=1S/C11H22N2O5S/c1-11(2,3)8(12)9(14)13-7(10(15)16)5-6-19(4,17)18/h7-8H,5-6,12H2,1-4H3,(H,13,14)(H,15,16)/t7?,8-/m1/s1. The molecule has 0 saturated carbocycles. The Balaban J connectivity index is 4.69. The third kappa shape index (κ3) is 7.12. The number of carboxylic acid groups (broad SMARTS) is 1. The van der Waals surface area contributed by atoms with E-state index in [-0.39, 0.29) is 12.2 Å². The predicted molar refractivity (Wildman–Crippen MR) is 71.3 cm³/mol. The number of carbonyl (C=O) groups is 2. The topological polar surface area (TPSA) is 127 Å². The fourth-order valence-corrected chi connectivity index (χ4v) is 1.91. The molecule has 0 aliphatic rings. The molecule has 0 spiro atoms. The molecule has 0 aromatic heterocycles. The van der Waals surface area contributed by atoms with Gasteiger partial charge in [0.25, 0.3) is 0 Å². The number of nitrogens with one attached hydrogen (secondary N) is 1. The largest absolute Gasteiger partial charge is 0.480 e. The molecule has 0 aliphatic carbocycles. The van der Waals surface area contributed by atoms with Crippen LogP contribution in [0.15, 0.2) is 0 Å². The van der Waals surface area contributed by atoms with Gasteiger partial charge in [-0.2, -0.15) is 0 Å². The molecule has 0 aliphatic heterocycles. The molecule has 0 radical (unpaired) electrons. The minimum Gasteiger partial charge on any atom is -0.480 e. The number of sulfone groups is 1. The minimum atomic E-state index is -3.28. The lowest BCUT2D eigenvalue weighted by Gasteiger charge is -2.27. The summed E-state index contributed by atoms with van der Waals surface area (Å²) in [5.74, 6) is -2.19. The van der Waals surface area contributed by atoms with Gasteiger partial charge in [0.2, 0.25) is 5.91 Å². The van der Waals surface area contributed by atoms with E-state index in [9.17, 15) is 18.0 Å². The van der Waals surface area contributed by atoms with Gasteiger partial charge in [-0.05, 0) is 11.8 Å². The van der Waals surface area contributed by atoms with Gasteiger partial charge < -0.3 is 16.2 Å².